The van der Waals surface area contributed by atoms with Crippen LogP contribution in [0.1, 0.15) is 83.3 Å². The average molecular weight is 847 g/mol. The van der Waals surface area contributed by atoms with E-state index >= 15 is 0 Å². The number of nitrogens with zero attached hydrogens (tertiary/aromatic N) is 1. The molecule has 0 saturated carbocycles. The number of amides is 6. The van der Waals surface area contributed by atoms with Crippen LogP contribution in [0.4, 0.5) is 0 Å². The molecule has 1 unspecified atom stereocenters. The lowest BCUT2D eigenvalue weighted by Gasteiger charge is -2.36. The summed E-state index contributed by atoms with van der Waals surface area (Å²) in [5, 5.41) is 58.4. The number of likely N-dealkylation sites (tertiary alicyclic amines) is 1. The second-order valence-electron chi connectivity index (χ2n) is 15.3. The van der Waals surface area contributed by atoms with E-state index in [2.05, 4.69) is 33.2 Å². The van der Waals surface area contributed by atoms with E-state index in [1.807, 2.05) is 0 Å². The number of aliphatic carboxylic acids is 3. The molecule has 6 amide bonds. The molecule has 1 heterocycles. The first kappa shape index (κ1) is 50.3. The third kappa shape index (κ3) is 16.8. The van der Waals surface area contributed by atoms with Crippen molar-refractivity contribution >= 4 is 60.7 Å². The van der Waals surface area contributed by atoms with E-state index in [9.17, 15) is 63.4 Å². The van der Waals surface area contributed by atoms with E-state index in [1.165, 1.54) is 11.0 Å². The molecule has 21 nitrogen and oxygen atoms in total. The summed E-state index contributed by atoms with van der Waals surface area (Å²) in [4.78, 5) is 117. The Morgan fingerprint density at radius 3 is 2.00 bits per heavy atom. The van der Waals surface area contributed by atoms with Crippen LogP contribution in [0.15, 0.2) is 36.9 Å². The summed E-state index contributed by atoms with van der Waals surface area (Å²) in [6.45, 7) is 10.4. The zero-order valence-corrected chi connectivity index (χ0v) is 34.0. The molecular weight excluding hydrogens is 791 g/mol. The molecule has 0 aromatic heterocycles. The van der Waals surface area contributed by atoms with E-state index < -0.39 is 135 Å². The summed E-state index contributed by atoms with van der Waals surface area (Å²) < 4.78 is 4.91. The molecule has 6 atom stereocenters. The van der Waals surface area contributed by atoms with Crippen molar-refractivity contribution in [2.24, 2.45) is 5.41 Å². The van der Waals surface area contributed by atoms with Crippen molar-refractivity contribution in [1.82, 2.24) is 31.5 Å². The van der Waals surface area contributed by atoms with Gasteiger partial charge in [0, 0.05) is 32.2 Å². The van der Waals surface area contributed by atoms with Gasteiger partial charge in [-0.25, -0.2) is 0 Å². The van der Waals surface area contributed by atoms with Crippen molar-refractivity contribution in [1.29, 1.82) is 0 Å². The number of carboxylic acids is 3. The van der Waals surface area contributed by atoms with Gasteiger partial charge >= 0.3 is 25.2 Å². The lowest BCUT2D eigenvalue weighted by molar-refractivity contribution is -0.145. The molecule has 60 heavy (non-hydrogen) atoms. The van der Waals surface area contributed by atoms with Gasteiger partial charge in [0.15, 0.2) is 0 Å². The van der Waals surface area contributed by atoms with Gasteiger partial charge in [-0.2, -0.15) is 0 Å². The van der Waals surface area contributed by atoms with Crippen LogP contribution in [0.2, 0.25) is 0 Å². The molecular formula is C38H55BN6O15. The number of carboxylic acid groups (broad SMARTS) is 3. The van der Waals surface area contributed by atoms with Crippen LogP contribution in [0.25, 0.3) is 0 Å². The Morgan fingerprint density at radius 1 is 0.833 bits per heavy atom. The van der Waals surface area contributed by atoms with Crippen LogP contribution < -0.4 is 26.6 Å². The van der Waals surface area contributed by atoms with E-state index in [0.717, 1.165) is 5.56 Å². The number of carbonyl (C=O) groups is 9. The molecule has 1 aromatic carbocycles. The second-order valence-corrected chi connectivity index (χ2v) is 15.3. The summed E-state index contributed by atoms with van der Waals surface area (Å²) in [5.74, 6) is -9.64. The molecule has 0 spiro atoms. The predicted octanol–water partition coefficient (Wildman–Crippen LogP) is -1.28. The summed E-state index contributed by atoms with van der Waals surface area (Å²) in [6, 6.07) is -0.414. The maximum atomic E-state index is 14.3. The topological polar surface area (TPSA) is 327 Å². The van der Waals surface area contributed by atoms with E-state index in [0.29, 0.717) is 12.0 Å². The zero-order chi connectivity index (χ0) is 45.3. The monoisotopic (exact) mass is 846 g/mol. The van der Waals surface area contributed by atoms with Crippen molar-refractivity contribution in [3.63, 3.8) is 0 Å². The van der Waals surface area contributed by atoms with Gasteiger partial charge in [-0.3, -0.25) is 43.2 Å². The lowest BCUT2D eigenvalue weighted by atomic mass is 9.85. The zero-order valence-electron chi connectivity index (χ0n) is 34.0. The first-order valence-electron chi connectivity index (χ1n) is 19.2. The highest BCUT2D eigenvalue weighted by molar-refractivity contribution is 6.32. The standard InChI is InChI=1S/C38H55BN6O15/c1-6-10-28(60-39(58)59)43-36(56)26-13-9-18-45(26)37(57)32(38(3,4)5)44-35(55)24(19-22-12-8-7-11-21(22)2)42-33(53)23(14-16-29(47)48)41-34(54)25(20-31(51)52)40-27(46)15-17-30(49)50/h6-8,11-12,23-26,28,32,58-59H,1,9-10,13-20H2,2-5H3,(H,40,46)(H,41,54)(H,42,53)(H,43,56)(H,44,55)(H,47,48)(H,49,50)(H,51,52)/t23-,24-,25-,26-,28?,32+/m0/s1. The van der Waals surface area contributed by atoms with Gasteiger partial charge in [-0.05, 0) is 42.7 Å². The quantitative estimate of drug-likeness (QED) is 0.0329. The number of aryl methyl sites for hydroxylation is 1. The smallest absolute Gasteiger partial charge is 0.481 e. The van der Waals surface area contributed by atoms with Crippen LogP contribution in [0.3, 0.4) is 0 Å². The minimum absolute atomic E-state index is 0.00756. The molecule has 0 bridgehead atoms. The molecule has 0 radical (unpaired) electrons. The van der Waals surface area contributed by atoms with E-state index in [4.69, 9.17) is 9.76 Å². The lowest BCUT2D eigenvalue weighted by Crippen LogP contribution is -2.62. The van der Waals surface area contributed by atoms with Crippen LogP contribution in [0, 0.1) is 12.3 Å². The third-order valence-corrected chi connectivity index (χ3v) is 9.40. The highest BCUT2D eigenvalue weighted by atomic mass is 16.6. The van der Waals surface area contributed by atoms with Crippen molar-refractivity contribution in [2.75, 3.05) is 6.54 Å². The molecule has 1 aliphatic heterocycles. The molecule has 22 heteroatoms. The Labute approximate surface area is 346 Å². The van der Waals surface area contributed by atoms with Crippen LogP contribution in [0.5, 0.6) is 0 Å². The molecule has 2 rings (SSSR count). The summed E-state index contributed by atoms with van der Waals surface area (Å²) in [5.41, 5.74) is 0.320. The Kier molecular flexibility index (Phi) is 19.8. The maximum Gasteiger partial charge on any atom is 0.635 e. The van der Waals surface area contributed by atoms with Gasteiger partial charge in [0.2, 0.25) is 35.4 Å². The fraction of sp³-hybridized carbons (Fsp3) is 0.553. The van der Waals surface area contributed by atoms with Gasteiger partial charge < -0.3 is 61.5 Å². The molecule has 0 aliphatic carbocycles. The highest BCUT2D eigenvalue weighted by Gasteiger charge is 2.43. The second kappa shape index (κ2) is 23.7. The fourth-order valence-corrected chi connectivity index (χ4v) is 6.28. The third-order valence-electron chi connectivity index (χ3n) is 9.40. The Bertz CT molecular complexity index is 1750. The number of rotatable bonds is 24. The number of hydrogen-bond acceptors (Lipinski definition) is 12. The predicted molar refractivity (Wildman–Crippen MR) is 211 cm³/mol. The van der Waals surface area contributed by atoms with Crippen LogP contribution >= 0.6 is 0 Å². The summed E-state index contributed by atoms with van der Waals surface area (Å²) >= 11 is 0. The van der Waals surface area contributed by atoms with Gasteiger partial charge in [0.05, 0.1) is 12.8 Å². The van der Waals surface area contributed by atoms with Crippen molar-refractivity contribution in [3.8, 4) is 0 Å². The number of nitrogens with one attached hydrogen (secondary N) is 5. The van der Waals surface area contributed by atoms with Crippen molar-refractivity contribution in [3.05, 3.63) is 48.0 Å². The van der Waals surface area contributed by atoms with Gasteiger partial charge in [0.1, 0.15) is 36.4 Å². The first-order valence-corrected chi connectivity index (χ1v) is 19.2. The van der Waals surface area contributed by atoms with Gasteiger partial charge in [0.25, 0.3) is 0 Å². The summed E-state index contributed by atoms with van der Waals surface area (Å²) in [6.07, 6.45) is -2.71. The number of benzene rings is 1. The SMILES string of the molecule is C=CCC(NC(=O)[C@@H]1CCCN1C(=O)[C@@H](NC(=O)[C@H](Cc1ccccc1C)NC(=O)[C@H](CCC(=O)O)NC(=O)[C@H](CC(=O)O)NC(=O)CCC(=O)O)C(C)(C)C)OB(O)O. The van der Waals surface area contributed by atoms with Crippen molar-refractivity contribution < 1.29 is 73.2 Å². The Balaban J connectivity index is 2.45. The van der Waals surface area contributed by atoms with Gasteiger partial charge in [-0.15, -0.1) is 6.58 Å². The minimum atomic E-state index is -2.20. The maximum absolute atomic E-state index is 14.3. The minimum Gasteiger partial charge on any atom is -0.481 e. The average Bonchev–Trinajstić information content (AvgIpc) is 3.64. The normalized spacial score (nSPS) is 16.2. The molecule has 1 aliphatic rings. The molecule has 1 fully saturated rings. The van der Waals surface area contributed by atoms with E-state index in [1.54, 1.807) is 52.0 Å². The van der Waals surface area contributed by atoms with Crippen molar-refractivity contribution in [2.45, 2.75) is 122 Å². The molecule has 1 saturated heterocycles. The number of hydrogen-bond donors (Lipinski definition) is 10. The molecule has 10 N–H and O–H groups in total. The number of carbonyl (C=O) groups excluding carboxylic acids is 6. The Morgan fingerprint density at radius 2 is 1.43 bits per heavy atom. The van der Waals surface area contributed by atoms with E-state index in [-0.39, 0.29) is 25.8 Å². The largest absolute Gasteiger partial charge is 0.635 e. The Hall–Kier alpha value is -5.87. The van der Waals surface area contributed by atoms with Gasteiger partial charge in [-0.1, -0.05) is 51.1 Å². The van der Waals surface area contributed by atoms with Crippen LogP contribution in [-0.2, 0) is 54.2 Å². The first-order chi connectivity index (χ1) is 28.0. The molecule has 1 aromatic rings. The molecule has 330 valence electrons. The fourth-order valence-electron chi connectivity index (χ4n) is 6.28. The van der Waals surface area contributed by atoms with Crippen LogP contribution in [-0.4, -0.2) is 134 Å². The highest BCUT2D eigenvalue weighted by Crippen LogP contribution is 2.26. The summed E-state index contributed by atoms with van der Waals surface area (Å²) in [7, 11) is -2.20.